The average Bonchev–Trinajstić information content (AvgIpc) is 3.17. The number of rotatable bonds is 4. The van der Waals surface area contributed by atoms with Crippen LogP contribution >= 0.6 is 11.3 Å². The molecule has 0 radical (unpaired) electrons. The van der Waals surface area contributed by atoms with Crippen molar-refractivity contribution in [2.45, 2.75) is 25.3 Å². The summed E-state index contributed by atoms with van der Waals surface area (Å²) in [5.41, 5.74) is 2.03. The highest BCUT2D eigenvalue weighted by molar-refractivity contribution is 7.08. The molecule has 1 aliphatic rings. The second-order valence-electron chi connectivity index (χ2n) is 5.41. The fourth-order valence-electron chi connectivity index (χ4n) is 2.64. The van der Waals surface area contributed by atoms with Crippen LogP contribution in [0.25, 0.3) is 0 Å². The van der Waals surface area contributed by atoms with Gasteiger partial charge in [-0.1, -0.05) is 30.3 Å². The maximum Gasteiger partial charge on any atom is 0.417 e. The molecule has 1 fully saturated rings. The zero-order valence-electron chi connectivity index (χ0n) is 12.3. The Labute approximate surface area is 133 Å². The summed E-state index contributed by atoms with van der Waals surface area (Å²) in [5, 5.41) is 3.87. The zero-order valence-corrected chi connectivity index (χ0v) is 13.1. The molecule has 2 amide bonds. The minimum absolute atomic E-state index is 0.193. The summed E-state index contributed by atoms with van der Waals surface area (Å²) >= 11 is 1.55. The number of benzene rings is 1. The standard InChI is InChI=1S/C17H17NO3S/c1-12(14-7-8-22-11-14)16(19)18-15(10-21-17(18)20)9-13-5-3-2-4-6-13/h2-8,11-12,15H,9-10H2,1H3/t12?,15-/m0/s1. The van der Waals surface area contributed by atoms with Gasteiger partial charge in [0.15, 0.2) is 0 Å². The second-order valence-corrected chi connectivity index (χ2v) is 6.19. The van der Waals surface area contributed by atoms with Crippen LogP contribution in [-0.2, 0) is 16.0 Å². The van der Waals surface area contributed by atoms with Gasteiger partial charge in [-0.2, -0.15) is 11.3 Å². The Morgan fingerprint density at radius 2 is 2.14 bits per heavy atom. The van der Waals surface area contributed by atoms with Gasteiger partial charge in [0.05, 0.1) is 12.0 Å². The fraction of sp³-hybridized carbons (Fsp3) is 0.294. The van der Waals surface area contributed by atoms with Crippen molar-refractivity contribution in [1.29, 1.82) is 0 Å². The van der Waals surface area contributed by atoms with E-state index in [0.717, 1.165) is 11.1 Å². The summed E-state index contributed by atoms with van der Waals surface area (Å²) in [7, 11) is 0. The van der Waals surface area contributed by atoms with E-state index in [1.54, 1.807) is 11.3 Å². The van der Waals surface area contributed by atoms with E-state index < -0.39 is 6.09 Å². The van der Waals surface area contributed by atoms with Gasteiger partial charge in [0, 0.05) is 0 Å². The molecule has 22 heavy (non-hydrogen) atoms. The van der Waals surface area contributed by atoms with Gasteiger partial charge < -0.3 is 4.74 Å². The van der Waals surface area contributed by atoms with E-state index in [2.05, 4.69) is 0 Å². The number of hydrogen-bond donors (Lipinski definition) is 0. The van der Waals surface area contributed by atoms with Crippen LogP contribution in [0, 0.1) is 0 Å². The zero-order chi connectivity index (χ0) is 15.5. The summed E-state index contributed by atoms with van der Waals surface area (Å²) in [4.78, 5) is 25.9. The number of carbonyl (C=O) groups is 2. The maximum absolute atomic E-state index is 12.7. The van der Waals surface area contributed by atoms with Crippen molar-refractivity contribution in [1.82, 2.24) is 4.90 Å². The molecule has 0 spiro atoms. The first-order chi connectivity index (χ1) is 10.7. The number of thiophene rings is 1. The molecule has 0 saturated carbocycles. The van der Waals surface area contributed by atoms with Gasteiger partial charge in [0.1, 0.15) is 6.61 Å². The van der Waals surface area contributed by atoms with Crippen molar-refractivity contribution in [3.05, 3.63) is 58.3 Å². The molecule has 1 aliphatic heterocycles. The van der Waals surface area contributed by atoms with Crippen LogP contribution in [0.2, 0.25) is 0 Å². The Morgan fingerprint density at radius 1 is 1.36 bits per heavy atom. The molecule has 1 saturated heterocycles. The molecule has 0 bridgehead atoms. The summed E-state index contributed by atoms with van der Waals surface area (Å²) in [6, 6.07) is 11.5. The minimum atomic E-state index is -0.534. The summed E-state index contributed by atoms with van der Waals surface area (Å²) < 4.78 is 5.11. The highest BCUT2D eigenvalue weighted by Gasteiger charge is 2.39. The van der Waals surface area contributed by atoms with Crippen LogP contribution in [0.3, 0.4) is 0 Å². The molecule has 1 aromatic carbocycles. The lowest BCUT2D eigenvalue weighted by atomic mass is 10.0. The monoisotopic (exact) mass is 315 g/mol. The second kappa shape index (κ2) is 6.32. The first-order valence-corrected chi connectivity index (χ1v) is 8.17. The molecule has 2 heterocycles. The third-order valence-corrected chi connectivity index (χ3v) is 4.63. The minimum Gasteiger partial charge on any atom is -0.447 e. The molecular formula is C17H17NO3S. The molecule has 114 valence electrons. The van der Waals surface area contributed by atoms with E-state index in [0.29, 0.717) is 6.42 Å². The molecule has 1 unspecified atom stereocenters. The predicted molar refractivity (Wildman–Crippen MR) is 84.9 cm³/mol. The molecule has 3 rings (SSSR count). The van der Waals surface area contributed by atoms with E-state index >= 15 is 0 Å². The topological polar surface area (TPSA) is 46.6 Å². The Balaban J connectivity index is 1.77. The summed E-state index contributed by atoms with van der Waals surface area (Å²) in [5.74, 6) is -0.531. The maximum atomic E-state index is 12.7. The van der Waals surface area contributed by atoms with Gasteiger partial charge in [-0.15, -0.1) is 0 Å². The van der Waals surface area contributed by atoms with Crippen LogP contribution in [0.1, 0.15) is 24.0 Å². The quantitative estimate of drug-likeness (QED) is 0.868. The molecule has 5 heteroatoms. The molecular weight excluding hydrogens is 298 g/mol. The van der Waals surface area contributed by atoms with E-state index in [1.807, 2.05) is 54.1 Å². The number of imide groups is 1. The first kappa shape index (κ1) is 14.8. The molecule has 2 aromatic rings. The van der Waals surface area contributed by atoms with Crippen molar-refractivity contribution in [3.8, 4) is 0 Å². The molecule has 1 aromatic heterocycles. The van der Waals surface area contributed by atoms with E-state index in [-0.39, 0.29) is 24.5 Å². The van der Waals surface area contributed by atoms with E-state index in [4.69, 9.17) is 4.74 Å². The SMILES string of the molecule is CC(C(=O)N1C(=O)OC[C@@H]1Cc1ccccc1)c1ccsc1. The van der Waals surface area contributed by atoms with Crippen molar-refractivity contribution in [2.75, 3.05) is 6.61 Å². The third-order valence-electron chi connectivity index (χ3n) is 3.93. The number of carbonyl (C=O) groups excluding carboxylic acids is 2. The lowest BCUT2D eigenvalue weighted by Crippen LogP contribution is -2.42. The Kier molecular flexibility index (Phi) is 4.24. The van der Waals surface area contributed by atoms with Crippen LogP contribution in [0.5, 0.6) is 0 Å². The van der Waals surface area contributed by atoms with Crippen molar-refractivity contribution in [2.24, 2.45) is 0 Å². The number of hydrogen-bond acceptors (Lipinski definition) is 4. The summed E-state index contributed by atoms with van der Waals surface area (Å²) in [6.07, 6.45) is 0.0855. The lowest BCUT2D eigenvalue weighted by Gasteiger charge is -2.22. The van der Waals surface area contributed by atoms with Crippen molar-refractivity contribution in [3.63, 3.8) is 0 Å². The number of amides is 2. The lowest BCUT2D eigenvalue weighted by molar-refractivity contribution is -0.130. The van der Waals surface area contributed by atoms with Crippen LogP contribution in [0.15, 0.2) is 47.2 Å². The third kappa shape index (κ3) is 2.90. The van der Waals surface area contributed by atoms with E-state index in [9.17, 15) is 9.59 Å². The van der Waals surface area contributed by atoms with Crippen LogP contribution < -0.4 is 0 Å². The largest absolute Gasteiger partial charge is 0.447 e. The number of nitrogens with zero attached hydrogens (tertiary/aromatic N) is 1. The Bertz CT molecular complexity index is 654. The highest BCUT2D eigenvalue weighted by atomic mass is 32.1. The van der Waals surface area contributed by atoms with Gasteiger partial charge >= 0.3 is 6.09 Å². The normalized spacial score (nSPS) is 19.0. The van der Waals surface area contributed by atoms with Gasteiger partial charge in [-0.05, 0) is 41.3 Å². The van der Waals surface area contributed by atoms with Crippen LogP contribution in [-0.4, -0.2) is 29.5 Å². The van der Waals surface area contributed by atoms with Gasteiger partial charge in [-0.25, -0.2) is 9.69 Å². The Morgan fingerprint density at radius 3 is 2.82 bits per heavy atom. The van der Waals surface area contributed by atoms with Gasteiger partial charge in [-0.3, -0.25) is 4.79 Å². The molecule has 0 N–H and O–H groups in total. The van der Waals surface area contributed by atoms with Crippen molar-refractivity contribution >= 4 is 23.3 Å². The van der Waals surface area contributed by atoms with E-state index in [1.165, 1.54) is 4.90 Å². The Hall–Kier alpha value is -2.14. The smallest absolute Gasteiger partial charge is 0.417 e. The molecule has 0 aliphatic carbocycles. The molecule has 4 nitrogen and oxygen atoms in total. The fourth-order valence-corrected chi connectivity index (χ4v) is 3.39. The van der Waals surface area contributed by atoms with Gasteiger partial charge in [0.2, 0.25) is 5.91 Å². The average molecular weight is 315 g/mol. The van der Waals surface area contributed by atoms with Crippen molar-refractivity contribution < 1.29 is 14.3 Å². The number of ether oxygens (including phenoxy) is 1. The first-order valence-electron chi connectivity index (χ1n) is 7.22. The van der Waals surface area contributed by atoms with Crippen LogP contribution in [0.4, 0.5) is 4.79 Å². The number of cyclic esters (lactones) is 1. The predicted octanol–water partition coefficient (Wildman–Crippen LogP) is 3.44. The highest BCUT2D eigenvalue weighted by Crippen LogP contribution is 2.25. The molecule has 2 atom stereocenters. The summed E-state index contributed by atoms with van der Waals surface area (Å²) in [6.45, 7) is 2.09. The van der Waals surface area contributed by atoms with Gasteiger partial charge in [0.25, 0.3) is 0 Å².